The van der Waals surface area contributed by atoms with Crippen LogP contribution in [0.1, 0.15) is 64.2 Å². The maximum absolute atomic E-state index is 13.7. The predicted molar refractivity (Wildman–Crippen MR) is 115 cm³/mol. The Morgan fingerprint density at radius 2 is 1.31 bits per heavy atom. The molecular weight excluding hydrogens is 388 g/mol. The molecule has 1 saturated heterocycles. The van der Waals surface area contributed by atoms with Crippen molar-refractivity contribution in [2.75, 3.05) is 0 Å². The summed E-state index contributed by atoms with van der Waals surface area (Å²) in [7, 11) is 0. The van der Waals surface area contributed by atoms with Crippen molar-refractivity contribution in [1.82, 2.24) is 9.80 Å². The first kappa shape index (κ1) is 22.1. The molecule has 0 bridgehead atoms. The molecule has 0 radical (unpaired) electrons. The summed E-state index contributed by atoms with van der Waals surface area (Å²) in [5.41, 5.74) is -1.31. The van der Waals surface area contributed by atoms with E-state index in [4.69, 9.17) is 12.2 Å². The number of carbonyl (C=O) groups is 2. The maximum Gasteiger partial charge on any atom is 0.245 e. The molecule has 0 aromatic heterocycles. The standard InChI is InChI=1S/C22H32N2O4S/c1-3-11-22(12-4-2)19(27)23(15-7-5-9-17(25)13-15)21(29)24(20(22)28)16-8-6-10-18(26)14-16/h3-4,15-18,25-26H,1-2,5-14H2. The van der Waals surface area contributed by atoms with Gasteiger partial charge in [-0.05, 0) is 76.4 Å². The Bertz CT molecular complexity index is 638. The quantitative estimate of drug-likeness (QED) is 0.392. The summed E-state index contributed by atoms with van der Waals surface area (Å²) >= 11 is 5.71. The molecule has 0 aromatic carbocycles. The highest BCUT2D eigenvalue weighted by molar-refractivity contribution is 7.80. The number of nitrogens with zero attached hydrogens (tertiary/aromatic N) is 2. The lowest BCUT2D eigenvalue weighted by Gasteiger charge is -2.51. The minimum absolute atomic E-state index is 0.205. The van der Waals surface area contributed by atoms with E-state index in [1.54, 1.807) is 22.0 Å². The topological polar surface area (TPSA) is 81.1 Å². The lowest BCUT2D eigenvalue weighted by Crippen LogP contribution is -2.69. The van der Waals surface area contributed by atoms with Gasteiger partial charge < -0.3 is 10.2 Å². The lowest BCUT2D eigenvalue weighted by atomic mass is 9.75. The highest BCUT2D eigenvalue weighted by Gasteiger charge is 2.57. The number of aliphatic hydroxyl groups excluding tert-OH is 2. The molecule has 160 valence electrons. The van der Waals surface area contributed by atoms with Gasteiger partial charge in [-0.3, -0.25) is 19.4 Å². The zero-order chi connectivity index (χ0) is 21.2. The van der Waals surface area contributed by atoms with Crippen LogP contribution in [0.25, 0.3) is 0 Å². The van der Waals surface area contributed by atoms with E-state index in [9.17, 15) is 19.8 Å². The van der Waals surface area contributed by atoms with E-state index in [1.807, 2.05) is 0 Å². The molecule has 6 nitrogen and oxygen atoms in total. The number of hydrogen-bond acceptors (Lipinski definition) is 5. The number of carbonyl (C=O) groups excluding carboxylic acids is 2. The summed E-state index contributed by atoms with van der Waals surface area (Å²) < 4.78 is 0. The van der Waals surface area contributed by atoms with E-state index in [1.165, 1.54) is 0 Å². The van der Waals surface area contributed by atoms with Gasteiger partial charge in [-0.15, -0.1) is 13.2 Å². The zero-order valence-electron chi connectivity index (χ0n) is 17.0. The van der Waals surface area contributed by atoms with Gasteiger partial charge in [0.1, 0.15) is 5.41 Å². The predicted octanol–water partition coefficient (Wildman–Crippen LogP) is 2.69. The maximum atomic E-state index is 13.7. The summed E-state index contributed by atoms with van der Waals surface area (Å²) in [6.45, 7) is 7.56. The van der Waals surface area contributed by atoms with Gasteiger partial charge in [0.05, 0.1) is 12.2 Å². The SMILES string of the molecule is C=CCC1(CC=C)C(=O)N(C2CCCC(O)C2)C(=S)N(C2CCCC(O)C2)C1=O. The first-order valence-corrected chi connectivity index (χ1v) is 11.1. The third-order valence-corrected chi connectivity index (χ3v) is 7.02. The fourth-order valence-corrected chi connectivity index (χ4v) is 5.62. The van der Waals surface area contributed by atoms with E-state index in [0.29, 0.717) is 25.7 Å². The van der Waals surface area contributed by atoms with Crippen LogP contribution in [0, 0.1) is 5.41 Å². The average Bonchev–Trinajstić information content (AvgIpc) is 2.67. The van der Waals surface area contributed by atoms with Crippen molar-refractivity contribution < 1.29 is 19.8 Å². The summed E-state index contributed by atoms with van der Waals surface area (Å²) in [4.78, 5) is 30.6. The Morgan fingerprint density at radius 1 is 0.897 bits per heavy atom. The van der Waals surface area contributed by atoms with E-state index < -0.39 is 17.6 Å². The van der Waals surface area contributed by atoms with Crippen molar-refractivity contribution in [3.8, 4) is 0 Å². The van der Waals surface area contributed by atoms with Crippen LogP contribution in [0.3, 0.4) is 0 Å². The Kier molecular flexibility index (Phi) is 6.91. The molecule has 2 aliphatic carbocycles. The minimum Gasteiger partial charge on any atom is -0.393 e. The smallest absolute Gasteiger partial charge is 0.245 e. The number of aliphatic hydroxyl groups is 2. The van der Waals surface area contributed by atoms with Gasteiger partial charge in [0.15, 0.2) is 5.11 Å². The van der Waals surface area contributed by atoms with Gasteiger partial charge >= 0.3 is 0 Å². The second-order valence-electron chi connectivity index (χ2n) is 8.65. The molecule has 7 heteroatoms. The third-order valence-electron chi connectivity index (χ3n) is 6.62. The molecule has 0 spiro atoms. The van der Waals surface area contributed by atoms with Gasteiger partial charge in [0.25, 0.3) is 0 Å². The van der Waals surface area contributed by atoms with Gasteiger partial charge in [0.2, 0.25) is 11.8 Å². The van der Waals surface area contributed by atoms with Crippen molar-refractivity contribution in [3.63, 3.8) is 0 Å². The normalized spacial score (nSPS) is 33.0. The zero-order valence-corrected chi connectivity index (χ0v) is 17.8. The van der Waals surface area contributed by atoms with Crippen LogP contribution < -0.4 is 0 Å². The van der Waals surface area contributed by atoms with Gasteiger partial charge in [-0.1, -0.05) is 12.2 Å². The highest BCUT2D eigenvalue weighted by Crippen LogP contribution is 2.42. The van der Waals surface area contributed by atoms with E-state index in [2.05, 4.69) is 13.2 Å². The fraction of sp³-hybridized carbons (Fsp3) is 0.682. The first-order valence-electron chi connectivity index (χ1n) is 10.6. The fourth-order valence-electron chi connectivity index (χ4n) is 5.16. The second kappa shape index (κ2) is 9.06. The first-order chi connectivity index (χ1) is 13.9. The Labute approximate surface area is 178 Å². The van der Waals surface area contributed by atoms with Crippen LogP contribution in [-0.4, -0.2) is 61.2 Å². The molecule has 4 atom stereocenters. The van der Waals surface area contributed by atoms with E-state index in [-0.39, 0.29) is 41.9 Å². The highest BCUT2D eigenvalue weighted by atomic mass is 32.1. The second-order valence-corrected chi connectivity index (χ2v) is 9.01. The van der Waals surface area contributed by atoms with Crippen molar-refractivity contribution in [2.24, 2.45) is 5.41 Å². The van der Waals surface area contributed by atoms with Crippen LogP contribution in [-0.2, 0) is 9.59 Å². The largest absolute Gasteiger partial charge is 0.393 e. The molecule has 3 aliphatic rings. The molecule has 3 rings (SSSR count). The number of allylic oxidation sites excluding steroid dienone is 2. The van der Waals surface area contributed by atoms with E-state index in [0.717, 1.165) is 25.7 Å². The van der Waals surface area contributed by atoms with Crippen LogP contribution in [0.2, 0.25) is 0 Å². The summed E-state index contributed by atoms with van der Waals surface area (Å²) in [5, 5.41) is 20.6. The number of hydrogen-bond donors (Lipinski definition) is 2. The summed E-state index contributed by atoms with van der Waals surface area (Å²) in [5.74, 6) is -0.613. The van der Waals surface area contributed by atoms with Crippen molar-refractivity contribution in [2.45, 2.75) is 88.5 Å². The molecular formula is C22H32N2O4S. The lowest BCUT2D eigenvalue weighted by molar-refractivity contribution is -0.160. The van der Waals surface area contributed by atoms with Crippen molar-refractivity contribution >= 4 is 29.1 Å². The monoisotopic (exact) mass is 420 g/mol. The van der Waals surface area contributed by atoms with Gasteiger partial charge in [-0.25, -0.2) is 0 Å². The molecule has 2 amide bonds. The van der Waals surface area contributed by atoms with Crippen molar-refractivity contribution in [1.29, 1.82) is 0 Å². The summed E-state index contributed by atoms with van der Waals surface area (Å²) in [6, 6.07) is -0.450. The van der Waals surface area contributed by atoms with Crippen LogP contribution in [0.4, 0.5) is 0 Å². The Morgan fingerprint density at radius 3 is 1.66 bits per heavy atom. The minimum atomic E-state index is -1.31. The molecule has 3 fully saturated rings. The average molecular weight is 421 g/mol. The Hall–Kier alpha value is -1.57. The van der Waals surface area contributed by atoms with E-state index >= 15 is 0 Å². The molecule has 4 unspecified atom stereocenters. The Balaban J connectivity index is 2.04. The number of amides is 2. The van der Waals surface area contributed by atoms with Crippen LogP contribution in [0.5, 0.6) is 0 Å². The van der Waals surface area contributed by atoms with Gasteiger partial charge in [0, 0.05) is 12.1 Å². The molecule has 2 saturated carbocycles. The molecule has 1 heterocycles. The third kappa shape index (κ3) is 4.05. The van der Waals surface area contributed by atoms with Crippen molar-refractivity contribution in [3.05, 3.63) is 25.3 Å². The molecule has 1 aliphatic heterocycles. The molecule has 2 N–H and O–H groups in total. The number of thiocarbonyl (C=S) groups is 1. The number of rotatable bonds is 6. The van der Waals surface area contributed by atoms with Crippen LogP contribution >= 0.6 is 12.2 Å². The van der Waals surface area contributed by atoms with Crippen LogP contribution in [0.15, 0.2) is 25.3 Å². The molecule has 29 heavy (non-hydrogen) atoms. The molecule has 0 aromatic rings. The van der Waals surface area contributed by atoms with Gasteiger partial charge in [-0.2, -0.15) is 0 Å². The summed E-state index contributed by atoms with van der Waals surface area (Å²) in [6.07, 6.45) is 8.14.